The number of rotatable bonds is 5. The van der Waals surface area contributed by atoms with E-state index in [9.17, 15) is 9.59 Å². The number of ether oxygens (including phenoxy) is 1. The SMILES string of the molecule is COc1cc2c(cc1-c1cncc(C(N)=O)c1)-c1c(c(C(=O)N3[C@H](C)CNC[C@@H]3C)nn1-c1cc(Cl)cc(Cl)c1)SC2. The Kier molecular flexibility index (Phi) is 7.65. The summed E-state index contributed by atoms with van der Waals surface area (Å²) in [5.74, 6) is 0.531. The highest BCUT2D eigenvalue weighted by Crippen LogP contribution is 2.48. The van der Waals surface area contributed by atoms with Crippen LogP contribution in [0.25, 0.3) is 28.1 Å². The number of piperazine rings is 1. The third kappa shape index (κ3) is 5.02. The predicted molar refractivity (Wildman–Crippen MR) is 165 cm³/mol. The molecular weight excluding hydrogens is 595 g/mol. The van der Waals surface area contributed by atoms with Crippen LogP contribution in [-0.4, -0.2) is 63.8 Å². The number of thioether (sulfide) groups is 1. The second kappa shape index (κ2) is 11.3. The lowest BCUT2D eigenvalue weighted by atomic mass is 9.96. The van der Waals surface area contributed by atoms with Gasteiger partial charge in [-0.05, 0) is 55.8 Å². The molecular formula is C30H28Cl2N6O3S. The summed E-state index contributed by atoms with van der Waals surface area (Å²) in [5, 5.41) is 9.22. The molecule has 0 bridgehead atoms. The molecule has 2 aromatic carbocycles. The maximum absolute atomic E-state index is 14.2. The normalized spacial score (nSPS) is 17.9. The quantitative estimate of drug-likeness (QED) is 0.304. The van der Waals surface area contributed by atoms with Crippen molar-refractivity contribution < 1.29 is 14.3 Å². The van der Waals surface area contributed by atoms with Gasteiger partial charge in [0.15, 0.2) is 5.69 Å². The number of nitrogens with one attached hydrogen (secondary N) is 1. The van der Waals surface area contributed by atoms with E-state index >= 15 is 0 Å². The topological polar surface area (TPSA) is 115 Å². The summed E-state index contributed by atoms with van der Waals surface area (Å²) in [6.07, 6.45) is 3.09. The van der Waals surface area contributed by atoms with Crippen LogP contribution in [0.2, 0.25) is 10.0 Å². The van der Waals surface area contributed by atoms with Crippen molar-refractivity contribution in [1.82, 2.24) is 25.0 Å². The molecule has 216 valence electrons. The first-order valence-corrected chi connectivity index (χ1v) is 15.1. The first-order valence-electron chi connectivity index (χ1n) is 13.4. The van der Waals surface area contributed by atoms with Crippen molar-refractivity contribution >= 4 is 46.8 Å². The molecule has 2 aromatic heterocycles. The number of hydrogen-bond acceptors (Lipinski definition) is 7. The molecule has 2 aliphatic rings. The van der Waals surface area contributed by atoms with Gasteiger partial charge in [0.05, 0.1) is 29.0 Å². The summed E-state index contributed by atoms with van der Waals surface area (Å²) in [4.78, 5) is 33.0. The van der Waals surface area contributed by atoms with Gasteiger partial charge in [-0.3, -0.25) is 14.6 Å². The Balaban J connectivity index is 1.59. The fourth-order valence-electron chi connectivity index (χ4n) is 5.65. The van der Waals surface area contributed by atoms with Gasteiger partial charge in [0.25, 0.3) is 5.91 Å². The van der Waals surface area contributed by atoms with Gasteiger partial charge >= 0.3 is 0 Å². The number of benzene rings is 2. The van der Waals surface area contributed by atoms with E-state index < -0.39 is 5.91 Å². The summed E-state index contributed by atoms with van der Waals surface area (Å²) < 4.78 is 7.52. The van der Waals surface area contributed by atoms with Crippen LogP contribution in [0.15, 0.2) is 53.7 Å². The van der Waals surface area contributed by atoms with Crippen LogP contribution in [0.3, 0.4) is 0 Å². The predicted octanol–water partition coefficient (Wildman–Crippen LogP) is 5.44. The molecule has 1 fully saturated rings. The molecule has 4 aromatic rings. The Morgan fingerprint density at radius 1 is 1.02 bits per heavy atom. The lowest BCUT2D eigenvalue weighted by Gasteiger charge is -2.39. The molecule has 1 saturated heterocycles. The van der Waals surface area contributed by atoms with Crippen molar-refractivity contribution in [3.63, 3.8) is 0 Å². The number of pyridine rings is 1. The standard InChI is InChI=1S/C30H28Cl2N6O3S/c1-15-10-34-11-16(2)37(15)30(40)26-28-27(38(36-26)22-7-20(31)6-21(32)8-22)24-9-23(25(41-3)5-19(24)14-42-28)17-4-18(29(33)39)13-35-12-17/h4-9,12-13,15-16,34H,10-11,14H2,1-3H3,(H2,33,39)/t15-,16+. The van der Waals surface area contributed by atoms with Gasteiger partial charge in [-0.2, -0.15) is 5.10 Å². The minimum Gasteiger partial charge on any atom is -0.496 e. The van der Waals surface area contributed by atoms with Crippen LogP contribution in [0, 0.1) is 0 Å². The number of hydrogen-bond donors (Lipinski definition) is 2. The van der Waals surface area contributed by atoms with Crippen molar-refractivity contribution in [2.75, 3.05) is 20.2 Å². The zero-order valence-electron chi connectivity index (χ0n) is 23.1. The third-order valence-electron chi connectivity index (χ3n) is 7.59. The Morgan fingerprint density at radius 2 is 1.74 bits per heavy atom. The molecule has 6 rings (SSSR count). The number of methoxy groups -OCH3 is 1. The highest BCUT2D eigenvalue weighted by atomic mass is 35.5. The van der Waals surface area contributed by atoms with E-state index in [0.29, 0.717) is 51.6 Å². The lowest BCUT2D eigenvalue weighted by Crippen LogP contribution is -2.57. The number of aromatic nitrogens is 3. The molecule has 4 heterocycles. The summed E-state index contributed by atoms with van der Waals surface area (Å²) in [6, 6.07) is 10.9. The zero-order valence-corrected chi connectivity index (χ0v) is 25.5. The molecule has 9 nitrogen and oxygen atoms in total. The number of nitrogens with two attached hydrogens (primary N) is 1. The number of halogens is 2. The number of fused-ring (bicyclic) bond motifs is 3. The van der Waals surface area contributed by atoms with E-state index in [4.69, 9.17) is 38.8 Å². The highest BCUT2D eigenvalue weighted by Gasteiger charge is 2.36. The fourth-order valence-corrected chi connectivity index (χ4v) is 7.30. The monoisotopic (exact) mass is 622 g/mol. The van der Waals surface area contributed by atoms with Crippen LogP contribution in [0.5, 0.6) is 5.75 Å². The molecule has 0 radical (unpaired) electrons. The van der Waals surface area contributed by atoms with E-state index in [2.05, 4.69) is 10.3 Å². The van der Waals surface area contributed by atoms with Gasteiger partial charge in [0, 0.05) is 70.1 Å². The van der Waals surface area contributed by atoms with E-state index in [-0.39, 0.29) is 23.6 Å². The summed E-state index contributed by atoms with van der Waals surface area (Å²) in [6.45, 7) is 5.49. The van der Waals surface area contributed by atoms with E-state index in [1.165, 1.54) is 6.20 Å². The van der Waals surface area contributed by atoms with Gasteiger partial charge in [0.2, 0.25) is 5.91 Å². The Hall–Kier alpha value is -3.57. The molecule has 0 aliphatic carbocycles. The number of carbonyl (C=O) groups is 2. The smallest absolute Gasteiger partial charge is 0.276 e. The number of nitrogens with zero attached hydrogens (tertiary/aromatic N) is 4. The highest BCUT2D eigenvalue weighted by molar-refractivity contribution is 7.98. The van der Waals surface area contributed by atoms with E-state index in [0.717, 1.165) is 27.3 Å². The number of primary amides is 1. The summed E-state index contributed by atoms with van der Waals surface area (Å²) >= 11 is 14.4. The van der Waals surface area contributed by atoms with Crippen molar-refractivity contribution in [3.8, 4) is 33.8 Å². The fraction of sp³-hybridized carbons (Fsp3) is 0.267. The minimum atomic E-state index is -0.574. The van der Waals surface area contributed by atoms with Crippen LogP contribution in [0.4, 0.5) is 0 Å². The minimum absolute atomic E-state index is 0.00411. The van der Waals surface area contributed by atoms with Gasteiger partial charge < -0.3 is 20.7 Å². The summed E-state index contributed by atoms with van der Waals surface area (Å²) in [7, 11) is 1.60. The second-order valence-electron chi connectivity index (χ2n) is 10.5. The van der Waals surface area contributed by atoms with Crippen molar-refractivity contribution in [2.45, 2.75) is 36.6 Å². The maximum Gasteiger partial charge on any atom is 0.276 e. The lowest BCUT2D eigenvalue weighted by molar-refractivity contribution is 0.0534. The molecule has 0 unspecified atom stereocenters. The van der Waals surface area contributed by atoms with Gasteiger partial charge in [-0.25, -0.2) is 4.68 Å². The first-order chi connectivity index (χ1) is 20.2. The Labute approximate surface area is 257 Å². The Bertz CT molecular complexity index is 1710. The van der Waals surface area contributed by atoms with Crippen LogP contribution < -0.4 is 15.8 Å². The second-order valence-corrected chi connectivity index (χ2v) is 12.3. The van der Waals surface area contributed by atoms with Gasteiger partial charge in [-0.1, -0.05) is 23.2 Å². The van der Waals surface area contributed by atoms with Gasteiger partial charge in [0.1, 0.15) is 5.75 Å². The molecule has 2 amide bonds. The third-order valence-corrected chi connectivity index (χ3v) is 9.15. The Morgan fingerprint density at radius 3 is 2.40 bits per heavy atom. The molecule has 12 heteroatoms. The zero-order chi connectivity index (χ0) is 29.7. The van der Waals surface area contributed by atoms with Crippen molar-refractivity contribution in [2.24, 2.45) is 5.73 Å². The number of carbonyl (C=O) groups excluding carboxylic acids is 2. The summed E-state index contributed by atoms with van der Waals surface area (Å²) in [5.41, 5.74) is 10.9. The van der Waals surface area contributed by atoms with E-state index in [1.54, 1.807) is 54.0 Å². The largest absolute Gasteiger partial charge is 0.496 e. The average Bonchev–Trinajstić information content (AvgIpc) is 3.36. The average molecular weight is 624 g/mol. The van der Waals surface area contributed by atoms with Crippen molar-refractivity contribution in [1.29, 1.82) is 0 Å². The molecule has 0 saturated carbocycles. The molecule has 42 heavy (non-hydrogen) atoms. The van der Waals surface area contributed by atoms with Crippen LogP contribution in [0.1, 0.15) is 40.3 Å². The molecule has 2 aliphatic heterocycles. The van der Waals surface area contributed by atoms with Gasteiger partial charge in [-0.15, -0.1) is 11.8 Å². The number of amides is 2. The molecule has 0 spiro atoms. The molecule has 2 atom stereocenters. The van der Waals surface area contributed by atoms with Crippen molar-refractivity contribution in [3.05, 3.63) is 75.7 Å². The van der Waals surface area contributed by atoms with E-state index in [1.807, 2.05) is 30.9 Å². The van der Waals surface area contributed by atoms with Crippen LogP contribution >= 0.6 is 35.0 Å². The van der Waals surface area contributed by atoms with Crippen LogP contribution in [-0.2, 0) is 5.75 Å². The molecule has 3 N–H and O–H groups in total. The first kappa shape index (κ1) is 28.5. The maximum atomic E-state index is 14.2.